The molecule has 0 saturated heterocycles. The molecule has 1 nitrogen and oxygen atoms in total. The summed E-state index contributed by atoms with van der Waals surface area (Å²) in [5, 5.41) is 0. The van der Waals surface area contributed by atoms with Gasteiger partial charge in [0.15, 0.2) is 0 Å². The van der Waals surface area contributed by atoms with Gasteiger partial charge in [-0.25, -0.2) is 0 Å². The van der Waals surface area contributed by atoms with E-state index >= 15 is 0 Å². The molecule has 0 aromatic carbocycles. The SMILES string of the molecule is CC(C)CCCSCC(C)(C)N. The molecule has 2 heteroatoms. The summed E-state index contributed by atoms with van der Waals surface area (Å²) in [4.78, 5) is 0. The number of rotatable bonds is 6. The Morgan fingerprint density at radius 1 is 1.33 bits per heavy atom. The van der Waals surface area contributed by atoms with E-state index in [1.54, 1.807) is 0 Å². The van der Waals surface area contributed by atoms with Crippen LogP contribution in [-0.2, 0) is 0 Å². The summed E-state index contributed by atoms with van der Waals surface area (Å²) in [6.45, 7) is 8.72. The highest BCUT2D eigenvalue weighted by Gasteiger charge is 2.09. The maximum atomic E-state index is 5.86. The Labute approximate surface area is 81.5 Å². The second-order valence-corrected chi connectivity index (χ2v) is 5.68. The van der Waals surface area contributed by atoms with E-state index in [1.807, 2.05) is 11.8 Å². The average molecular weight is 189 g/mol. The van der Waals surface area contributed by atoms with Crippen molar-refractivity contribution in [1.29, 1.82) is 0 Å². The third-order valence-corrected chi connectivity index (χ3v) is 3.07. The maximum Gasteiger partial charge on any atom is 0.0188 e. The van der Waals surface area contributed by atoms with Gasteiger partial charge in [0.25, 0.3) is 0 Å². The summed E-state index contributed by atoms with van der Waals surface area (Å²) in [5.74, 6) is 3.18. The van der Waals surface area contributed by atoms with Crippen LogP contribution in [0.15, 0.2) is 0 Å². The molecule has 0 radical (unpaired) electrons. The van der Waals surface area contributed by atoms with Crippen molar-refractivity contribution in [1.82, 2.24) is 0 Å². The molecule has 0 spiro atoms. The first kappa shape index (κ1) is 12.3. The fraction of sp³-hybridized carbons (Fsp3) is 1.00. The van der Waals surface area contributed by atoms with Crippen molar-refractivity contribution in [2.45, 2.75) is 46.1 Å². The standard InChI is InChI=1S/C10H23NS/c1-9(2)6-5-7-12-8-10(3,4)11/h9H,5-8,11H2,1-4H3. The molecule has 0 aromatic rings. The molecule has 74 valence electrons. The normalized spacial score (nSPS) is 12.5. The van der Waals surface area contributed by atoms with Gasteiger partial charge in [0, 0.05) is 11.3 Å². The second-order valence-electron chi connectivity index (χ2n) is 4.58. The zero-order chi connectivity index (χ0) is 9.61. The van der Waals surface area contributed by atoms with Crippen LogP contribution >= 0.6 is 11.8 Å². The van der Waals surface area contributed by atoms with E-state index < -0.39 is 0 Å². The van der Waals surface area contributed by atoms with Crippen molar-refractivity contribution in [2.24, 2.45) is 11.7 Å². The summed E-state index contributed by atoms with van der Waals surface area (Å²) >= 11 is 1.98. The van der Waals surface area contributed by atoms with E-state index in [9.17, 15) is 0 Å². The summed E-state index contributed by atoms with van der Waals surface area (Å²) in [7, 11) is 0. The van der Waals surface area contributed by atoms with Crippen LogP contribution in [0.2, 0.25) is 0 Å². The summed E-state index contributed by atoms with van der Waals surface area (Å²) in [5.41, 5.74) is 5.86. The smallest absolute Gasteiger partial charge is 0.0188 e. The van der Waals surface area contributed by atoms with E-state index in [2.05, 4.69) is 27.7 Å². The van der Waals surface area contributed by atoms with Crippen LogP contribution in [0.4, 0.5) is 0 Å². The lowest BCUT2D eigenvalue weighted by molar-refractivity contribution is 0.575. The van der Waals surface area contributed by atoms with E-state index in [4.69, 9.17) is 5.73 Å². The van der Waals surface area contributed by atoms with E-state index in [1.165, 1.54) is 18.6 Å². The first-order chi connectivity index (χ1) is 5.42. The Hall–Kier alpha value is 0.310. The molecule has 0 aliphatic rings. The predicted molar refractivity (Wildman–Crippen MR) is 59.7 cm³/mol. The third-order valence-electron chi connectivity index (χ3n) is 1.54. The lowest BCUT2D eigenvalue weighted by Crippen LogP contribution is -2.34. The molecule has 0 atom stereocenters. The van der Waals surface area contributed by atoms with Gasteiger partial charge in [0.2, 0.25) is 0 Å². The molecule has 0 amide bonds. The van der Waals surface area contributed by atoms with Crippen LogP contribution in [0.3, 0.4) is 0 Å². The molecule has 2 N–H and O–H groups in total. The van der Waals surface area contributed by atoms with Crippen molar-refractivity contribution >= 4 is 11.8 Å². The van der Waals surface area contributed by atoms with Gasteiger partial charge in [-0.3, -0.25) is 0 Å². The highest BCUT2D eigenvalue weighted by Crippen LogP contribution is 2.13. The Morgan fingerprint density at radius 2 is 1.92 bits per heavy atom. The Morgan fingerprint density at radius 3 is 2.33 bits per heavy atom. The Bertz CT molecular complexity index is 105. The van der Waals surface area contributed by atoms with Gasteiger partial charge in [-0.15, -0.1) is 0 Å². The fourth-order valence-corrected chi connectivity index (χ4v) is 1.97. The Balaban J connectivity index is 3.12. The number of hydrogen-bond acceptors (Lipinski definition) is 2. The zero-order valence-corrected chi connectivity index (χ0v) is 9.71. The van der Waals surface area contributed by atoms with Gasteiger partial charge in [-0.1, -0.05) is 20.3 Å². The van der Waals surface area contributed by atoms with Gasteiger partial charge >= 0.3 is 0 Å². The summed E-state index contributed by atoms with van der Waals surface area (Å²) in [6, 6.07) is 0. The van der Waals surface area contributed by atoms with Crippen molar-refractivity contribution in [3.05, 3.63) is 0 Å². The first-order valence-electron chi connectivity index (χ1n) is 4.78. The largest absolute Gasteiger partial charge is 0.325 e. The van der Waals surface area contributed by atoms with Crippen molar-refractivity contribution in [3.63, 3.8) is 0 Å². The minimum Gasteiger partial charge on any atom is -0.325 e. The quantitative estimate of drug-likeness (QED) is 0.650. The van der Waals surface area contributed by atoms with E-state index in [0.717, 1.165) is 11.7 Å². The topological polar surface area (TPSA) is 26.0 Å². The van der Waals surface area contributed by atoms with Crippen molar-refractivity contribution in [3.8, 4) is 0 Å². The molecule has 12 heavy (non-hydrogen) atoms. The highest BCUT2D eigenvalue weighted by atomic mass is 32.2. The minimum atomic E-state index is 0.00248. The fourth-order valence-electron chi connectivity index (χ4n) is 0.929. The summed E-state index contributed by atoms with van der Waals surface area (Å²) < 4.78 is 0. The molecule has 0 fully saturated rings. The minimum absolute atomic E-state index is 0.00248. The third kappa shape index (κ3) is 10.3. The molecule has 0 saturated carbocycles. The number of thioether (sulfide) groups is 1. The molecule has 0 unspecified atom stereocenters. The van der Waals surface area contributed by atoms with Gasteiger partial charge in [-0.2, -0.15) is 11.8 Å². The van der Waals surface area contributed by atoms with Gasteiger partial charge in [0.05, 0.1) is 0 Å². The lowest BCUT2D eigenvalue weighted by Gasteiger charge is -2.17. The molecule has 0 heterocycles. The maximum absolute atomic E-state index is 5.86. The second kappa shape index (κ2) is 5.87. The molecule has 0 bridgehead atoms. The summed E-state index contributed by atoms with van der Waals surface area (Å²) in [6.07, 6.45) is 2.68. The Kier molecular flexibility index (Phi) is 6.02. The molecular formula is C10H23NS. The van der Waals surface area contributed by atoms with Gasteiger partial charge in [0.1, 0.15) is 0 Å². The van der Waals surface area contributed by atoms with E-state index in [-0.39, 0.29) is 5.54 Å². The molecule has 0 aromatic heterocycles. The van der Waals surface area contributed by atoms with Crippen molar-refractivity contribution in [2.75, 3.05) is 11.5 Å². The zero-order valence-electron chi connectivity index (χ0n) is 8.89. The predicted octanol–water partition coefficient (Wildman–Crippen LogP) is 2.89. The van der Waals surface area contributed by atoms with Crippen LogP contribution < -0.4 is 5.73 Å². The van der Waals surface area contributed by atoms with Crippen LogP contribution in [-0.4, -0.2) is 17.0 Å². The van der Waals surface area contributed by atoms with Crippen molar-refractivity contribution < 1.29 is 0 Å². The first-order valence-corrected chi connectivity index (χ1v) is 5.94. The molecule has 0 aliphatic carbocycles. The number of nitrogens with two attached hydrogens (primary N) is 1. The van der Waals surface area contributed by atoms with Crippen LogP contribution in [0, 0.1) is 5.92 Å². The van der Waals surface area contributed by atoms with Crippen LogP contribution in [0.5, 0.6) is 0 Å². The number of hydrogen-bond donors (Lipinski definition) is 1. The average Bonchev–Trinajstić information content (AvgIpc) is 1.83. The van der Waals surface area contributed by atoms with Gasteiger partial charge < -0.3 is 5.73 Å². The van der Waals surface area contributed by atoms with Crippen LogP contribution in [0.1, 0.15) is 40.5 Å². The highest BCUT2D eigenvalue weighted by molar-refractivity contribution is 7.99. The lowest BCUT2D eigenvalue weighted by atomic mass is 10.1. The monoisotopic (exact) mass is 189 g/mol. The molecular weight excluding hydrogens is 166 g/mol. The molecule has 0 aliphatic heterocycles. The van der Waals surface area contributed by atoms with E-state index in [0.29, 0.717) is 0 Å². The van der Waals surface area contributed by atoms with Gasteiger partial charge in [-0.05, 0) is 31.9 Å². The van der Waals surface area contributed by atoms with Crippen LogP contribution in [0.25, 0.3) is 0 Å². The molecule has 0 rings (SSSR count).